The summed E-state index contributed by atoms with van der Waals surface area (Å²) in [4.78, 5) is 17.8. The van der Waals surface area contributed by atoms with Crippen molar-refractivity contribution in [2.75, 3.05) is 18.7 Å². The second-order valence-electron chi connectivity index (χ2n) is 5.88. The molecule has 1 aliphatic heterocycles. The first kappa shape index (κ1) is 17.0. The normalized spacial score (nSPS) is 30.1. The van der Waals surface area contributed by atoms with Gasteiger partial charge in [-0.05, 0) is 13.3 Å². The van der Waals surface area contributed by atoms with Crippen molar-refractivity contribution in [3.63, 3.8) is 0 Å². The van der Waals surface area contributed by atoms with E-state index in [0.717, 1.165) is 6.42 Å². The fourth-order valence-electron chi connectivity index (χ4n) is 2.71. The zero-order chi connectivity index (χ0) is 17.3. The monoisotopic (exact) mass is 339 g/mol. The van der Waals surface area contributed by atoms with Crippen LogP contribution in [0.2, 0.25) is 0 Å². The van der Waals surface area contributed by atoms with Crippen LogP contribution in [0.5, 0.6) is 0 Å². The van der Waals surface area contributed by atoms with Crippen LogP contribution in [-0.2, 0) is 9.57 Å². The number of anilines is 1. The molecular formula is C14H21N5O5. The summed E-state index contributed by atoms with van der Waals surface area (Å²) in [6, 6.07) is 0. The first-order chi connectivity index (χ1) is 11.5. The van der Waals surface area contributed by atoms with E-state index in [-0.39, 0.29) is 0 Å². The molecule has 2 aromatic rings. The molecule has 1 aliphatic rings. The molecule has 3 heterocycles. The Kier molecular flexibility index (Phi) is 4.65. The van der Waals surface area contributed by atoms with Gasteiger partial charge in [0.15, 0.2) is 23.2 Å². The Hall–Kier alpha value is -1.85. The van der Waals surface area contributed by atoms with E-state index >= 15 is 0 Å². The molecular weight excluding hydrogens is 318 g/mol. The molecule has 4 N–H and O–H groups in total. The quantitative estimate of drug-likeness (QED) is 0.409. The van der Waals surface area contributed by atoms with Crippen molar-refractivity contribution in [2.45, 2.75) is 44.3 Å². The minimum atomic E-state index is -1.61. The highest BCUT2D eigenvalue weighted by atomic mass is 16.6. The average Bonchev–Trinajstić information content (AvgIpc) is 3.08. The molecule has 0 spiro atoms. The van der Waals surface area contributed by atoms with Gasteiger partial charge in [-0.25, -0.2) is 20.4 Å². The highest BCUT2D eigenvalue weighted by Gasteiger charge is 2.53. The second-order valence-corrected chi connectivity index (χ2v) is 5.88. The lowest BCUT2D eigenvalue weighted by Crippen LogP contribution is -2.44. The number of nitrogens with one attached hydrogen (secondary N) is 1. The zero-order valence-electron chi connectivity index (χ0n) is 13.5. The Bertz CT molecular complexity index is 706. The SMILES string of the molecule is CCCONc1ncnc2c1ncn2C1O[C@H](CO)[C@@H](O)[C@@]1(C)O. The molecule has 0 bridgehead atoms. The van der Waals surface area contributed by atoms with Gasteiger partial charge in [-0.2, -0.15) is 0 Å². The van der Waals surface area contributed by atoms with Gasteiger partial charge in [0.2, 0.25) is 0 Å². The maximum atomic E-state index is 10.6. The molecule has 0 radical (unpaired) electrons. The summed E-state index contributed by atoms with van der Waals surface area (Å²) in [5, 5.41) is 30.0. The standard InChI is InChI=1S/C14H21N5O5/c1-3-4-23-18-11-9-12(16-6-15-11)19(7-17-9)13-14(2,22)10(21)8(5-20)24-13/h6-8,10,13,20-22H,3-5H2,1-2H3,(H,15,16,18)/t8-,10-,13?,14-/m1/s1. The summed E-state index contributed by atoms with van der Waals surface area (Å²) in [5.41, 5.74) is 1.96. The number of rotatable bonds is 6. The lowest BCUT2D eigenvalue weighted by atomic mass is 9.96. The molecule has 0 saturated carbocycles. The Morgan fingerprint density at radius 1 is 1.42 bits per heavy atom. The van der Waals surface area contributed by atoms with E-state index in [2.05, 4.69) is 20.4 Å². The van der Waals surface area contributed by atoms with Crippen LogP contribution in [0.15, 0.2) is 12.7 Å². The molecule has 1 saturated heterocycles. The summed E-state index contributed by atoms with van der Waals surface area (Å²) in [6.45, 7) is 3.52. The van der Waals surface area contributed by atoms with Gasteiger partial charge in [-0.15, -0.1) is 0 Å². The predicted molar refractivity (Wildman–Crippen MR) is 82.8 cm³/mol. The maximum Gasteiger partial charge on any atom is 0.181 e. The number of nitrogens with zero attached hydrogens (tertiary/aromatic N) is 4. The number of hydrogen-bond donors (Lipinski definition) is 4. The van der Waals surface area contributed by atoms with Gasteiger partial charge in [0.25, 0.3) is 0 Å². The summed E-state index contributed by atoms with van der Waals surface area (Å²) < 4.78 is 7.09. The van der Waals surface area contributed by atoms with Crippen molar-refractivity contribution in [1.29, 1.82) is 0 Å². The van der Waals surface area contributed by atoms with Crippen LogP contribution in [0.4, 0.5) is 5.82 Å². The van der Waals surface area contributed by atoms with Crippen LogP contribution >= 0.6 is 0 Å². The van der Waals surface area contributed by atoms with Gasteiger partial charge in [0.1, 0.15) is 24.1 Å². The van der Waals surface area contributed by atoms with Crippen molar-refractivity contribution >= 4 is 17.0 Å². The summed E-state index contributed by atoms with van der Waals surface area (Å²) in [5.74, 6) is 0.393. The summed E-state index contributed by atoms with van der Waals surface area (Å²) >= 11 is 0. The second kappa shape index (κ2) is 6.57. The van der Waals surface area contributed by atoms with Crippen LogP contribution in [0, 0.1) is 0 Å². The molecule has 0 amide bonds. The summed E-state index contributed by atoms with van der Waals surface area (Å²) in [7, 11) is 0. The molecule has 24 heavy (non-hydrogen) atoms. The van der Waals surface area contributed by atoms with E-state index < -0.39 is 30.6 Å². The molecule has 0 aromatic carbocycles. The number of hydrogen-bond acceptors (Lipinski definition) is 9. The first-order valence-electron chi connectivity index (χ1n) is 7.72. The zero-order valence-corrected chi connectivity index (χ0v) is 13.5. The van der Waals surface area contributed by atoms with Crippen LogP contribution in [0.25, 0.3) is 11.2 Å². The van der Waals surface area contributed by atoms with E-state index in [4.69, 9.17) is 9.57 Å². The highest BCUT2D eigenvalue weighted by Crippen LogP contribution is 2.39. The highest BCUT2D eigenvalue weighted by molar-refractivity contribution is 5.82. The predicted octanol–water partition coefficient (Wildman–Crippen LogP) is -0.419. The molecule has 10 nitrogen and oxygen atoms in total. The Labute approximate surface area is 138 Å². The van der Waals surface area contributed by atoms with E-state index in [1.165, 1.54) is 24.1 Å². The lowest BCUT2D eigenvalue weighted by molar-refractivity contribution is -0.0950. The molecule has 0 aliphatic carbocycles. The molecule has 1 fully saturated rings. The number of aliphatic hydroxyl groups excluding tert-OH is 2. The number of imidazole rings is 1. The topological polar surface area (TPSA) is 135 Å². The third-order valence-electron chi connectivity index (χ3n) is 4.02. The molecule has 1 unspecified atom stereocenters. The van der Waals surface area contributed by atoms with Gasteiger partial charge in [-0.3, -0.25) is 9.40 Å². The van der Waals surface area contributed by atoms with E-state index in [9.17, 15) is 15.3 Å². The Balaban J connectivity index is 1.95. The van der Waals surface area contributed by atoms with Gasteiger partial charge >= 0.3 is 0 Å². The fraction of sp³-hybridized carbons (Fsp3) is 0.643. The minimum Gasteiger partial charge on any atom is -0.394 e. The van der Waals surface area contributed by atoms with E-state index in [1.54, 1.807) is 0 Å². The van der Waals surface area contributed by atoms with Gasteiger partial charge in [0.05, 0.1) is 19.5 Å². The molecule has 4 atom stereocenters. The number of aliphatic hydroxyl groups is 3. The first-order valence-corrected chi connectivity index (χ1v) is 7.72. The van der Waals surface area contributed by atoms with Crippen molar-refractivity contribution in [3.05, 3.63) is 12.7 Å². The van der Waals surface area contributed by atoms with Crippen molar-refractivity contribution in [1.82, 2.24) is 19.5 Å². The van der Waals surface area contributed by atoms with Crippen LogP contribution in [0.3, 0.4) is 0 Å². The maximum absolute atomic E-state index is 10.6. The van der Waals surface area contributed by atoms with E-state index in [0.29, 0.717) is 23.6 Å². The average molecular weight is 339 g/mol. The number of fused-ring (bicyclic) bond motifs is 1. The Morgan fingerprint density at radius 2 is 2.21 bits per heavy atom. The molecule has 132 valence electrons. The summed E-state index contributed by atoms with van der Waals surface area (Å²) in [6.07, 6.45) is 0.535. The van der Waals surface area contributed by atoms with Crippen LogP contribution in [-0.4, -0.2) is 65.9 Å². The van der Waals surface area contributed by atoms with Gasteiger partial charge in [-0.1, -0.05) is 6.92 Å². The number of ether oxygens (including phenoxy) is 1. The van der Waals surface area contributed by atoms with Crippen molar-refractivity contribution in [3.8, 4) is 0 Å². The molecule has 2 aromatic heterocycles. The van der Waals surface area contributed by atoms with Crippen LogP contribution in [0.1, 0.15) is 26.5 Å². The molecule has 3 rings (SSSR count). The number of aromatic nitrogens is 4. The van der Waals surface area contributed by atoms with Crippen molar-refractivity contribution in [2.24, 2.45) is 0 Å². The molecule has 10 heteroatoms. The fourth-order valence-corrected chi connectivity index (χ4v) is 2.71. The lowest BCUT2D eigenvalue weighted by Gasteiger charge is -2.27. The largest absolute Gasteiger partial charge is 0.394 e. The third kappa shape index (κ3) is 2.72. The van der Waals surface area contributed by atoms with Crippen LogP contribution < -0.4 is 5.48 Å². The van der Waals surface area contributed by atoms with Gasteiger partial charge < -0.3 is 20.1 Å². The Morgan fingerprint density at radius 3 is 2.88 bits per heavy atom. The third-order valence-corrected chi connectivity index (χ3v) is 4.02. The van der Waals surface area contributed by atoms with E-state index in [1.807, 2.05) is 6.92 Å². The van der Waals surface area contributed by atoms with Gasteiger partial charge in [0, 0.05) is 0 Å². The smallest absolute Gasteiger partial charge is 0.181 e. The minimum absolute atomic E-state index is 0.393. The van der Waals surface area contributed by atoms with Crippen molar-refractivity contribution < 1.29 is 24.9 Å².